The van der Waals surface area contributed by atoms with Gasteiger partial charge in [-0.3, -0.25) is 9.59 Å². The molecule has 2 aromatic carbocycles. The molecule has 0 bridgehead atoms. The van der Waals surface area contributed by atoms with Crippen molar-refractivity contribution < 1.29 is 19.4 Å². The maximum atomic E-state index is 13.1. The minimum Gasteiger partial charge on any atom is -0.508 e. The van der Waals surface area contributed by atoms with Crippen LogP contribution in [0.3, 0.4) is 0 Å². The van der Waals surface area contributed by atoms with Gasteiger partial charge in [-0.25, -0.2) is 0 Å². The van der Waals surface area contributed by atoms with Gasteiger partial charge >= 0.3 is 5.97 Å². The van der Waals surface area contributed by atoms with E-state index in [0.29, 0.717) is 24.7 Å². The van der Waals surface area contributed by atoms with Gasteiger partial charge in [0.25, 0.3) is 0 Å². The molecule has 0 aromatic heterocycles. The third-order valence-corrected chi connectivity index (χ3v) is 7.55. The van der Waals surface area contributed by atoms with E-state index in [4.69, 9.17) is 4.74 Å². The molecule has 1 heterocycles. The van der Waals surface area contributed by atoms with Crippen LogP contribution in [0, 0.1) is 17.8 Å². The summed E-state index contributed by atoms with van der Waals surface area (Å²) < 4.78 is 5.20. The maximum Gasteiger partial charge on any atom is 0.325 e. The van der Waals surface area contributed by atoms with Crippen LogP contribution >= 0.6 is 0 Å². The van der Waals surface area contributed by atoms with Crippen LogP contribution in [0.15, 0.2) is 54.6 Å². The van der Waals surface area contributed by atoms with E-state index in [1.54, 1.807) is 6.07 Å². The summed E-state index contributed by atoms with van der Waals surface area (Å²) in [5.41, 5.74) is 2.30. The van der Waals surface area contributed by atoms with Gasteiger partial charge in [-0.05, 0) is 72.9 Å². The predicted molar refractivity (Wildman–Crippen MR) is 143 cm³/mol. The molecule has 6 nitrogen and oxygen atoms in total. The summed E-state index contributed by atoms with van der Waals surface area (Å²) >= 11 is 0. The van der Waals surface area contributed by atoms with E-state index >= 15 is 0 Å². The third-order valence-electron chi connectivity index (χ3n) is 7.55. The van der Waals surface area contributed by atoms with E-state index in [9.17, 15) is 14.7 Å². The summed E-state index contributed by atoms with van der Waals surface area (Å²) in [5, 5.41) is 12.8. The van der Waals surface area contributed by atoms with Crippen LogP contribution in [-0.4, -0.2) is 54.7 Å². The number of esters is 1. The fraction of sp³-hybridized carbons (Fsp3) is 0.533. The molecule has 1 fully saturated rings. The van der Waals surface area contributed by atoms with Crippen molar-refractivity contribution in [3.63, 3.8) is 0 Å². The van der Waals surface area contributed by atoms with Crippen LogP contribution in [0.5, 0.6) is 5.75 Å². The van der Waals surface area contributed by atoms with Crippen LogP contribution in [0.1, 0.15) is 51.7 Å². The standard InChI is InChI=1S/C30H42N2O4/c1-22(2)21-36-28(34)19-31-29(35)25(17-24-9-6-5-7-10-24)13-15-32-16-14-30(4,23(3)20-32)26-11-8-12-27(33)18-26/h5-12,18,22-23,25,33H,13-17,19-21H2,1-4H3,(H,31,35). The highest BCUT2D eigenvalue weighted by atomic mass is 16.5. The molecule has 1 amide bonds. The van der Waals surface area contributed by atoms with Gasteiger partial charge in [0, 0.05) is 12.5 Å². The number of nitrogens with one attached hydrogen (secondary N) is 1. The van der Waals surface area contributed by atoms with Crippen molar-refractivity contribution in [1.29, 1.82) is 0 Å². The van der Waals surface area contributed by atoms with E-state index in [1.807, 2.05) is 56.3 Å². The fourth-order valence-electron chi connectivity index (χ4n) is 4.99. The van der Waals surface area contributed by atoms with E-state index in [1.165, 1.54) is 5.56 Å². The Morgan fingerprint density at radius 3 is 2.58 bits per heavy atom. The SMILES string of the molecule is CC(C)COC(=O)CNC(=O)C(CCN1CCC(C)(c2cccc(O)c2)C(C)C1)Cc1ccccc1. The second kappa shape index (κ2) is 12.9. The number of benzene rings is 2. The van der Waals surface area contributed by atoms with Crippen LogP contribution < -0.4 is 5.32 Å². The number of phenols is 1. The Morgan fingerprint density at radius 2 is 1.92 bits per heavy atom. The summed E-state index contributed by atoms with van der Waals surface area (Å²) in [6.07, 6.45) is 2.35. The number of rotatable bonds is 11. The second-order valence-corrected chi connectivity index (χ2v) is 10.9. The Hall–Kier alpha value is -2.86. The van der Waals surface area contributed by atoms with E-state index in [2.05, 4.69) is 30.1 Å². The molecule has 3 rings (SSSR count). The molecule has 0 radical (unpaired) electrons. The molecule has 6 heteroatoms. The van der Waals surface area contributed by atoms with Gasteiger partial charge in [0.1, 0.15) is 12.3 Å². The van der Waals surface area contributed by atoms with Gasteiger partial charge in [-0.1, -0.05) is 70.2 Å². The second-order valence-electron chi connectivity index (χ2n) is 10.9. The Morgan fingerprint density at radius 1 is 1.17 bits per heavy atom. The minimum atomic E-state index is -0.397. The van der Waals surface area contributed by atoms with Crippen molar-refractivity contribution in [1.82, 2.24) is 10.2 Å². The Labute approximate surface area is 216 Å². The lowest BCUT2D eigenvalue weighted by Crippen LogP contribution is -2.48. The third kappa shape index (κ3) is 7.82. The highest BCUT2D eigenvalue weighted by Gasteiger charge is 2.38. The molecule has 1 aliphatic rings. The molecule has 3 atom stereocenters. The van der Waals surface area contributed by atoms with Crippen LogP contribution in [0.4, 0.5) is 0 Å². The van der Waals surface area contributed by atoms with Gasteiger partial charge < -0.3 is 20.1 Å². The Bertz CT molecular complexity index is 993. The fourth-order valence-corrected chi connectivity index (χ4v) is 4.99. The molecule has 2 aromatic rings. The number of aromatic hydroxyl groups is 1. The molecule has 36 heavy (non-hydrogen) atoms. The van der Waals surface area contributed by atoms with Gasteiger partial charge in [0.2, 0.25) is 5.91 Å². The average molecular weight is 495 g/mol. The van der Waals surface area contributed by atoms with E-state index in [0.717, 1.165) is 38.0 Å². The summed E-state index contributed by atoms with van der Waals surface area (Å²) in [6.45, 7) is 11.5. The first-order valence-electron chi connectivity index (χ1n) is 13.2. The van der Waals surface area contributed by atoms with Crippen LogP contribution in [-0.2, 0) is 26.2 Å². The van der Waals surface area contributed by atoms with Gasteiger partial charge in [-0.15, -0.1) is 0 Å². The summed E-state index contributed by atoms with van der Waals surface area (Å²) in [4.78, 5) is 27.5. The smallest absolute Gasteiger partial charge is 0.325 e. The van der Waals surface area contributed by atoms with Gasteiger partial charge in [0.05, 0.1) is 6.61 Å². The Balaban J connectivity index is 1.58. The molecule has 0 spiro atoms. The number of hydrogen-bond donors (Lipinski definition) is 2. The normalized spacial score (nSPS) is 21.2. The molecule has 2 N–H and O–H groups in total. The zero-order valence-corrected chi connectivity index (χ0v) is 22.2. The van der Waals surface area contributed by atoms with Gasteiger partial charge in [-0.2, -0.15) is 0 Å². The largest absolute Gasteiger partial charge is 0.508 e. The first-order valence-corrected chi connectivity index (χ1v) is 13.2. The summed E-state index contributed by atoms with van der Waals surface area (Å²) in [7, 11) is 0. The molecule has 196 valence electrons. The molecular formula is C30H42N2O4. The molecule has 1 aliphatic heterocycles. The van der Waals surface area contributed by atoms with Crippen molar-refractivity contribution in [3.8, 4) is 5.75 Å². The quantitative estimate of drug-likeness (QED) is 0.448. The number of piperidine rings is 1. The number of carbonyl (C=O) groups excluding carboxylic acids is 2. The Kier molecular flexibility index (Phi) is 9.94. The van der Waals surface area contributed by atoms with E-state index in [-0.39, 0.29) is 29.7 Å². The van der Waals surface area contributed by atoms with E-state index < -0.39 is 5.97 Å². The zero-order chi connectivity index (χ0) is 26.1. The number of ether oxygens (including phenoxy) is 1. The lowest BCUT2D eigenvalue weighted by molar-refractivity contribution is -0.145. The number of carbonyl (C=O) groups is 2. The number of likely N-dealkylation sites (tertiary alicyclic amines) is 1. The predicted octanol–water partition coefficient (Wildman–Crippen LogP) is 4.56. The molecule has 0 saturated carbocycles. The van der Waals surface area contributed by atoms with Crippen molar-refractivity contribution in [2.45, 2.75) is 52.4 Å². The molecular weight excluding hydrogens is 452 g/mol. The maximum absolute atomic E-state index is 13.1. The number of phenolic OH excluding ortho intramolecular Hbond substituents is 1. The number of nitrogens with zero attached hydrogens (tertiary/aromatic N) is 1. The highest BCUT2D eigenvalue weighted by Crippen LogP contribution is 2.40. The first-order chi connectivity index (χ1) is 17.2. The molecule has 0 aliphatic carbocycles. The summed E-state index contributed by atoms with van der Waals surface area (Å²) in [6, 6.07) is 17.7. The van der Waals surface area contributed by atoms with Crippen molar-refractivity contribution in [3.05, 3.63) is 65.7 Å². The van der Waals surface area contributed by atoms with Gasteiger partial charge in [0.15, 0.2) is 0 Å². The lowest BCUT2D eigenvalue weighted by atomic mass is 9.68. The van der Waals surface area contributed by atoms with Crippen molar-refractivity contribution in [2.75, 3.05) is 32.8 Å². The van der Waals surface area contributed by atoms with Crippen molar-refractivity contribution >= 4 is 11.9 Å². The first kappa shape index (κ1) is 27.7. The van der Waals surface area contributed by atoms with Crippen molar-refractivity contribution in [2.24, 2.45) is 17.8 Å². The summed E-state index contributed by atoms with van der Waals surface area (Å²) in [5.74, 6) is 0.259. The number of amides is 1. The lowest BCUT2D eigenvalue weighted by Gasteiger charge is -2.45. The van der Waals surface area contributed by atoms with Crippen LogP contribution in [0.25, 0.3) is 0 Å². The topological polar surface area (TPSA) is 78.9 Å². The molecule has 1 saturated heterocycles. The number of hydrogen-bond acceptors (Lipinski definition) is 5. The zero-order valence-electron chi connectivity index (χ0n) is 22.2. The monoisotopic (exact) mass is 494 g/mol. The average Bonchev–Trinajstić information content (AvgIpc) is 2.86. The molecule has 3 unspecified atom stereocenters. The highest BCUT2D eigenvalue weighted by molar-refractivity contribution is 5.83. The minimum absolute atomic E-state index is 0.00635. The van der Waals surface area contributed by atoms with Crippen LogP contribution in [0.2, 0.25) is 0 Å².